The Labute approximate surface area is 169 Å². The largest absolute Gasteiger partial charge is 0.493 e. The highest BCUT2D eigenvalue weighted by molar-refractivity contribution is 5.73. The number of hydrogen-bond acceptors (Lipinski definition) is 7. The Morgan fingerprint density at radius 2 is 2.10 bits per heavy atom. The molecule has 0 bridgehead atoms. The van der Waals surface area contributed by atoms with Gasteiger partial charge in [-0.1, -0.05) is 6.07 Å². The van der Waals surface area contributed by atoms with Crippen molar-refractivity contribution in [3.05, 3.63) is 41.1 Å². The maximum atomic E-state index is 5.70. The van der Waals surface area contributed by atoms with Gasteiger partial charge in [0.15, 0.2) is 17.3 Å². The van der Waals surface area contributed by atoms with Gasteiger partial charge in [0.1, 0.15) is 17.7 Å². The Hall–Kier alpha value is -2.87. The molecule has 2 aromatic heterocycles. The van der Waals surface area contributed by atoms with E-state index in [9.17, 15) is 0 Å². The maximum Gasteiger partial charge on any atom is 0.165 e. The number of aryl methyl sites for hydroxylation is 1. The van der Waals surface area contributed by atoms with Crippen LogP contribution in [0.1, 0.15) is 35.0 Å². The van der Waals surface area contributed by atoms with E-state index in [1.165, 1.54) is 5.56 Å². The summed E-state index contributed by atoms with van der Waals surface area (Å²) in [5.74, 6) is 3.63. The van der Waals surface area contributed by atoms with Gasteiger partial charge in [-0.2, -0.15) is 5.10 Å². The normalized spacial score (nSPS) is 18.9. The highest BCUT2D eigenvalue weighted by Gasteiger charge is 2.29. The lowest BCUT2D eigenvalue weighted by atomic mass is 9.97. The van der Waals surface area contributed by atoms with Gasteiger partial charge in [0.2, 0.25) is 0 Å². The molecule has 5 rings (SSSR count). The molecule has 1 aromatic carbocycles. The van der Waals surface area contributed by atoms with Crippen molar-refractivity contribution < 1.29 is 14.2 Å². The second-order valence-electron chi connectivity index (χ2n) is 7.56. The molecule has 8 nitrogen and oxygen atoms in total. The third-order valence-corrected chi connectivity index (χ3v) is 5.96. The van der Waals surface area contributed by atoms with Crippen LogP contribution in [-0.4, -0.2) is 53.6 Å². The number of imidazole rings is 1. The molecule has 1 saturated heterocycles. The van der Waals surface area contributed by atoms with Crippen molar-refractivity contribution in [1.29, 1.82) is 0 Å². The number of hydrogen-bond donors (Lipinski definition) is 0. The van der Waals surface area contributed by atoms with Gasteiger partial charge in [-0.3, -0.25) is 0 Å². The predicted molar refractivity (Wildman–Crippen MR) is 108 cm³/mol. The Kier molecular flexibility index (Phi) is 4.50. The minimum Gasteiger partial charge on any atom is -0.493 e. The quantitative estimate of drug-likeness (QED) is 0.672. The van der Waals surface area contributed by atoms with Crippen LogP contribution in [0.15, 0.2) is 18.5 Å². The van der Waals surface area contributed by atoms with Gasteiger partial charge in [0.25, 0.3) is 0 Å². The van der Waals surface area contributed by atoms with E-state index in [4.69, 9.17) is 19.2 Å². The smallest absolute Gasteiger partial charge is 0.165 e. The van der Waals surface area contributed by atoms with Crippen molar-refractivity contribution in [2.24, 2.45) is 0 Å². The summed E-state index contributed by atoms with van der Waals surface area (Å²) in [6.45, 7) is 5.05. The van der Waals surface area contributed by atoms with E-state index < -0.39 is 0 Å². The molecule has 1 fully saturated rings. The minimum atomic E-state index is 0.287. The fourth-order valence-corrected chi connectivity index (χ4v) is 4.50. The van der Waals surface area contributed by atoms with Crippen LogP contribution in [0.3, 0.4) is 0 Å². The van der Waals surface area contributed by atoms with E-state index in [1.54, 1.807) is 20.5 Å². The molecule has 0 spiro atoms. The topological polar surface area (TPSA) is 74.0 Å². The summed E-state index contributed by atoms with van der Waals surface area (Å²) in [6, 6.07) is 4.11. The van der Waals surface area contributed by atoms with Crippen molar-refractivity contribution in [1.82, 2.24) is 19.6 Å². The van der Waals surface area contributed by atoms with E-state index in [0.717, 1.165) is 65.9 Å². The van der Waals surface area contributed by atoms with Crippen LogP contribution >= 0.6 is 0 Å². The first-order valence-corrected chi connectivity index (χ1v) is 9.97. The summed E-state index contributed by atoms with van der Waals surface area (Å²) in [5.41, 5.74) is 4.47. The standard InChI is InChI=1S/C21H25N5O3/c1-13-24-18(15-7-9-29-11-15)19-21(22-12-23-26(13)19)25-8-6-14-4-5-17(27-2)20(28-3)16(14)10-25/h4-5,12,15H,6-11H2,1-3H3/t15-/m1/s1. The van der Waals surface area contributed by atoms with Crippen molar-refractivity contribution in [3.8, 4) is 11.5 Å². The van der Waals surface area contributed by atoms with E-state index in [2.05, 4.69) is 21.0 Å². The zero-order chi connectivity index (χ0) is 20.0. The van der Waals surface area contributed by atoms with Crippen LogP contribution in [0.5, 0.6) is 11.5 Å². The molecule has 0 N–H and O–H groups in total. The molecule has 152 valence electrons. The highest BCUT2D eigenvalue weighted by Crippen LogP contribution is 2.39. The van der Waals surface area contributed by atoms with Crippen LogP contribution in [0.2, 0.25) is 0 Å². The molecule has 2 aliphatic heterocycles. The van der Waals surface area contributed by atoms with Crippen LogP contribution < -0.4 is 14.4 Å². The molecular weight excluding hydrogens is 370 g/mol. The molecule has 2 aliphatic rings. The van der Waals surface area contributed by atoms with Gasteiger partial charge in [0.05, 0.1) is 26.5 Å². The lowest BCUT2D eigenvalue weighted by Crippen LogP contribution is -2.32. The first-order valence-electron chi connectivity index (χ1n) is 9.97. The maximum absolute atomic E-state index is 5.70. The van der Waals surface area contributed by atoms with Crippen LogP contribution in [-0.2, 0) is 17.7 Å². The SMILES string of the molecule is COc1ccc2c(c1OC)CN(c1ncnn3c(C)nc([C@@H]4CCOC4)c13)CC2. The number of fused-ring (bicyclic) bond motifs is 2. The van der Waals surface area contributed by atoms with Gasteiger partial charge in [-0.25, -0.2) is 14.5 Å². The summed E-state index contributed by atoms with van der Waals surface area (Å²) in [6.07, 6.45) is 3.51. The fourth-order valence-electron chi connectivity index (χ4n) is 4.50. The first-order chi connectivity index (χ1) is 14.2. The molecule has 0 unspecified atom stereocenters. The van der Waals surface area contributed by atoms with Crippen LogP contribution in [0.25, 0.3) is 5.52 Å². The Morgan fingerprint density at radius 1 is 1.21 bits per heavy atom. The van der Waals surface area contributed by atoms with Gasteiger partial charge in [-0.15, -0.1) is 0 Å². The molecular formula is C21H25N5O3. The van der Waals surface area contributed by atoms with Gasteiger partial charge in [-0.05, 0) is 31.4 Å². The monoisotopic (exact) mass is 395 g/mol. The first kappa shape index (κ1) is 18.2. The zero-order valence-corrected chi connectivity index (χ0v) is 17.0. The number of benzene rings is 1. The lowest BCUT2D eigenvalue weighted by molar-refractivity contribution is 0.193. The summed E-state index contributed by atoms with van der Waals surface area (Å²) in [5, 5.41) is 4.46. The Balaban J connectivity index is 1.61. The Bertz CT molecular complexity index is 1060. The summed E-state index contributed by atoms with van der Waals surface area (Å²) in [7, 11) is 3.36. The number of methoxy groups -OCH3 is 2. The van der Waals surface area contributed by atoms with Gasteiger partial charge >= 0.3 is 0 Å². The third kappa shape index (κ3) is 2.90. The van der Waals surface area contributed by atoms with Gasteiger partial charge in [0, 0.05) is 31.2 Å². The predicted octanol–water partition coefficient (Wildman–Crippen LogP) is 2.52. The van der Waals surface area contributed by atoms with Crippen molar-refractivity contribution in [3.63, 3.8) is 0 Å². The van der Waals surface area contributed by atoms with Crippen LogP contribution in [0.4, 0.5) is 5.82 Å². The molecule has 0 aliphatic carbocycles. The molecule has 4 heterocycles. The molecule has 0 amide bonds. The van der Waals surface area contributed by atoms with Crippen molar-refractivity contribution >= 4 is 11.3 Å². The summed E-state index contributed by atoms with van der Waals surface area (Å²) in [4.78, 5) is 11.8. The number of nitrogens with zero attached hydrogens (tertiary/aromatic N) is 5. The number of anilines is 1. The molecule has 0 radical (unpaired) electrons. The average molecular weight is 395 g/mol. The van der Waals surface area contributed by atoms with E-state index in [1.807, 2.05) is 17.5 Å². The summed E-state index contributed by atoms with van der Waals surface area (Å²) >= 11 is 0. The van der Waals surface area contributed by atoms with E-state index >= 15 is 0 Å². The third-order valence-electron chi connectivity index (χ3n) is 5.96. The molecule has 0 saturated carbocycles. The van der Waals surface area contributed by atoms with Gasteiger partial charge < -0.3 is 19.1 Å². The minimum absolute atomic E-state index is 0.287. The summed E-state index contributed by atoms with van der Waals surface area (Å²) < 4.78 is 18.7. The number of rotatable bonds is 4. The highest BCUT2D eigenvalue weighted by atomic mass is 16.5. The number of aromatic nitrogens is 4. The van der Waals surface area contributed by atoms with Crippen molar-refractivity contribution in [2.75, 3.05) is 38.9 Å². The molecule has 29 heavy (non-hydrogen) atoms. The lowest BCUT2D eigenvalue weighted by Gasteiger charge is -2.31. The number of ether oxygens (including phenoxy) is 3. The zero-order valence-electron chi connectivity index (χ0n) is 17.0. The second kappa shape index (κ2) is 7.18. The fraction of sp³-hybridized carbons (Fsp3) is 0.476. The second-order valence-corrected chi connectivity index (χ2v) is 7.56. The molecule has 1 atom stereocenters. The van der Waals surface area contributed by atoms with E-state index in [-0.39, 0.29) is 5.92 Å². The van der Waals surface area contributed by atoms with Crippen LogP contribution in [0, 0.1) is 6.92 Å². The van der Waals surface area contributed by atoms with E-state index in [0.29, 0.717) is 13.2 Å². The Morgan fingerprint density at radius 3 is 2.86 bits per heavy atom. The molecule has 3 aromatic rings. The molecule has 8 heteroatoms. The average Bonchev–Trinajstić information content (AvgIpc) is 3.40. The van der Waals surface area contributed by atoms with Crippen molar-refractivity contribution in [2.45, 2.75) is 32.2 Å².